The van der Waals surface area contributed by atoms with Gasteiger partial charge in [0.25, 0.3) is 0 Å². The van der Waals surface area contributed by atoms with Crippen LogP contribution < -0.4 is 11.1 Å². The van der Waals surface area contributed by atoms with Gasteiger partial charge in [0, 0.05) is 30.1 Å². The van der Waals surface area contributed by atoms with Crippen LogP contribution in [0.5, 0.6) is 0 Å². The van der Waals surface area contributed by atoms with Gasteiger partial charge in [-0.05, 0) is 43.5 Å². The highest BCUT2D eigenvalue weighted by Crippen LogP contribution is 2.30. The first-order valence-corrected chi connectivity index (χ1v) is 8.92. The Bertz CT molecular complexity index is 477. The minimum absolute atomic E-state index is 0.0878. The molecule has 4 nitrogen and oxygen atoms in total. The van der Waals surface area contributed by atoms with E-state index >= 15 is 0 Å². The Morgan fingerprint density at radius 1 is 1.45 bits per heavy atom. The van der Waals surface area contributed by atoms with Gasteiger partial charge in [-0.25, -0.2) is 0 Å². The highest BCUT2D eigenvalue weighted by Gasteiger charge is 2.29. The van der Waals surface area contributed by atoms with Crippen LogP contribution in [0.25, 0.3) is 0 Å². The average molecular weight is 368 g/mol. The zero-order valence-corrected chi connectivity index (χ0v) is 14.8. The molecule has 1 fully saturated rings. The first-order valence-electron chi connectivity index (χ1n) is 8.13. The number of halogens is 1. The number of carbonyl (C=O) groups excluding carboxylic acids is 1. The van der Waals surface area contributed by atoms with E-state index in [0.29, 0.717) is 19.1 Å². The molecule has 1 saturated heterocycles. The first kappa shape index (κ1) is 17.4. The van der Waals surface area contributed by atoms with Crippen LogP contribution in [0.3, 0.4) is 0 Å². The molecular weight excluding hydrogens is 342 g/mol. The second-order valence-electron chi connectivity index (χ2n) is 5.89. The summed E-state index contributed by atoms with van der Waals surface area (Å²) < 4.78 is 1.10. The number of carbonyl (C=O) groups is 1. The molecule has 0 saturated carbocycles. The van der Waals surface area contributed by atoms with Crippen molar-refractivity contribution < 1.29 is 4.79 Å². The Morgan fingerprint density at radius 3 is 2.82 bits per heavy atom. The van der Waals surface area contributed by atoms with Crippen LogP contribution in [0.4, 0.5) is 0 Å². The number of nitrogens with zero attached hydrogens (tertiary/aromatic N) is 1. The van der Waals surface area contributed by atoms with Crippen LogP contribution in [0.2, 0.25) is 0 Å². The van der Waals surface area contributed by atoms with Crippen molar-refractivity contribution >= 4 is 21.8 Å². The third-order valence-electron chi connectivity index (χ3n) is 4.35. The highest BCUT2D eigenvalue weighted by molar-refractivity contribution is 9.10. The van der Waals surface area contributed by atoms with Gasteiger partial charge in [-0.3, -0.25) is 9.69 Å². The summed E-state index contributed by atoms with van der Waals surface area (Å²) in [6.07, 6.45) is 3.11. The van der Waals surface area contributed by atoms with Crippen LogP contribution in [0, 0.1) is 5.92 Å². The number of hydrogen-bond acceptors (Lipinski definition) is 3. The summed E-state index contributed by atoms with van der Waals surface area (Å²) in [6.45, 7) is 5.18. The van der Waals surface area contributed by atoms with Crippen molar-refractivity contribution in [2.45, 2.75) is 32.2 Å². The fourth-order valence-electron chi connectivity index (χ4n) is 3.23. The molecule has 0 spiro atoms. The van der Waals surface area contributed by atoms with E-state index in [9.17, 15) is 4.79 Å². The molecule has 2 unspecified atom stereocenters. The number of likely N-dealkylation sites (tertiary alicyclic amines) is 1. The molecule has 5 heteroatoms. The van der Waals surface area contributed by atoms with Crippen molar-refractivity contribution in [2.24, 2.45) is 11.7 Å². The summed E-state index contributed by atoms with van der Waals surface area (Å²) in [6, 6.07) is 8.92. The topological polar surface area (TPSA) is 58.4 Å². The minimum Gasteiger partial charge on any atom is -0.355 e. The number of nitrogens with two attached hydrogens (primary N) is 1. The van der Waals surface area contributed by atoms with Gasteiger partial charge in [-0.1, -0.05) is 35.0 Å². The fraction of sp³-hybridized carbons (Fsp3) is 0.588. The second kappa shape index (κ2) is 8.65. The zero-order chi connectivity index (χ0) is 15.9. The summed E-state index contributed by atoms with van der Waals surface area (Å²) in [5.74, 6) is 0.241. The van der Waals surface area contributed by atoms with Crippen molar-refractivity contribution in [1.82, 2.24) is 10.2 Å². The summed E-state index contributed by atoms with van der Waals surface area (Å²) in [5.41, 5.74) is 6.79. The quantitative estimate of drug-likeness (QED) is 0.812. The molecule has 122 valence electrons. The van der Waals surface area contributed by atoms with E-state index in [-0.39, 0.29) is 11.8 Å². The zero-order valence-electron chi connectivity index (χ0n) is 13.2. The Hall–Kier alpha value is -0.910. The summed E-state index contributed by atoms with van der Waals surface area (Å²) in [4.78, 5) is 14.7. The van der Waals surface area contributed by atoms with E-state index in [1.807, 2.05) is 0 Å². The summed E-state index contributed by atoms with van der Waals surface area (Å²) >= 11 is 3.49. The molecule has 1 amide bonds. The molecule has 1 aromatic rings. The molecule has 2 atom stereocenters. The van der Waals surface area contributed by atoms with Gasteiger partial charge in [0.15, 0.2) is 0 Å². The number of benzene rings is 1. The van der Waals surface area contributed by atoms with E-state index in [1.54, 1.807) is 0 Å². The van der Waals surface area contributed by atoms with Gasteiger partial charge in [0.05, 0.1) is 5.92 Å². The maximum absolute atomic E-state index is 12.2. The van der Waals surface area contributed by atoms with Crippen molar-refractivity contribution in [3.63, 3.8) is 0 Å². The molecule has 0 aliphatic carbocycles. The average Bonchev–Trinajstić information content (AvgIpc) is 2.55. The van der Waals surface area contributed by atoms with Gasteiger partial charge in [0.1, 0.15) is 0 Å². The van der Waals surface area contributed by atoms with Crippen LogP contribution in [0.1, 0.15) is 37.8 Å². The summed E-state index contributed by atoms with van der Waals surface area (Å²) in [7, 11) is 0. The van der Waals surface area contributed by atoms with Crippen LogP contribution >= 0.6 is 15.9 Å². The Labute approximate surface area is 141 Å². The molecular formula is C17H26BrN3O. The van der Waals surface area contributed by atoms with Crippen molar-refractivity contribution in [1.29, 1.82) is 0 Å². The van der Waals surface area contributed by atoms with Crippen molar-refractivity contribution in [2.75, 3.05) is 26.2 Å². The third kappa shape index (κ3) is 4.54. The standard InChI is InChI=1S/C17H26BrN3O/c1-2-16(13-5-7-15(18)8-6-13)21-11-3-4-14(12-21)17(22)20-10-9-19/h5-8,14,16H,2-4,9-12,19H2,1H3,(H,20,22). The Balaban J connectivity index is 2.03. The predicted molar refractivity (Wildman–Crippen MR) is 93.5 cm³/mol. The van der Waals surface area contributed by atoms with Gasteiger partial charge < -0.3 is 11.1 Å². The smallest absolute Gasteiger partial charge is 0.224 e. The number of rotatable bonds is 6. The van der Waals surface area contributed by atoms with E-state index < -0.39 is 0 Å². The predicted octanol–water partition coefficient (Wildman–Crippen LogP) is 2.69. The molecule has 1 aliphatic heterocycles. The molecule has 0 aromatic heterocycles. The Kier molecular flexibility index (Phi) is 6.86. The van der Waals surface area contributed by atoms with E-state index in [1.165, 1.54) is 5.56 Å². The largest absolute Gasteiger partial charge is 0.355 e. The summed E-state index contributed by atoms with van der Waals surface area (Å²) in [5, 5.41) is 2.93. The van der Waals surface area contributed by atoms with Crippen LogP contribution in [-0.2, 0) is 4.79 Å². The molecule has 2 rings (SSSR count). The Morgan fingerprint density at radius 2 is 2.18 bits per heavy atom. The van der Waals surface area contributed by atoms with E-state index in [4.69, 9.17) is 5.73 Å². The lowest BCUT2D eigenvalue weighted by atomic mass is 9.93. The lowest BCUT2D eigenvalue weighted by Crippen LogP contribution is -2.45. The van der Waals surface area contributed by atoms with Crippen molar-refractivity contribution in [3.8, 4) is 0 Å². The number of amides is 1. The number of hydrogen-bond donors (Lipinski definition) is 2. The lowest BCUT2D eigenvalue weighted by molar-refractivity contribution is -0.127. The van der Waals surface area contributed by atoms with Gasteiger partial charge in [-0.2, -0.15) is 0 Å². The maximum Gasteiger partial charge on any atom is 0.224 e. The molecule has 0 radical (unpaired) electrons. The highest BCUT2D eigenvalue weighted by atomic mass is 79.9. The minimum atomic E-state index is 0.0878. The molecule has 1 heterocycles. The fourth-order valence-corrected chi connectivity index (χ4v) is 3.50. The SMILES string of the molecule is CCC(c1ccc(Br)cc1)N1CCCC(C(=O)NCCN)C1. The molecule has 22 heavy (non-hydrogen) atoms. The van der Waals surface area contributed by atoms with Gasteiger partial charge in [0.2, 0.25) is 5.91 Å². The molecule has 0 bridgehead atoms. The third-order valence-corrected chi connectivity index (χ3v) is 4.88. The second-order valence-corrected chi connectivity index (χ2v) is 6.81. The molecule has 1 aromatic carbocycles. The number of nitrogens with one attached hydrogen (secondary N) is 1. The van der Waals surface area contributed by atoms with E-state index in [0.717, 1.165) is 36.8 Å². The normalized spacial score (nSPS) is 20.6. The lowest BCUT2D eigenvalue weighted by Gasteiger charge is -2.37. The van der Waals surface area contributed by atoms with Crippen LogP contribution in [0.15, 0.2) is 28.7 Å². The van der Waals surface area contributed by atoms with Gasteiger partial charge >= 0.3 is 0 Å². The first-order chi connectivity index (χ1) is 10.7. The van der Waals surface area contributed by atoms with Gasteiger partial charge in [-0.15, -0.1) is 0 Å². The maximum atomic E-state index is 12.2. The molecule has 3 N–H and O–H groups in total. The number of piperidine rings is 1. The van der Waals surface area contributed by atoms with Crippen molar-refractivity contribution in [3.05, 3.63) is 34.3 Å². The van der Waals surface area contributed by atoms with Crippen LogP contribution in [-0.4, -0.2) is 37.0 Å². The monoisotopic (exact) mass is 367 g/mol. The molecule has 1 aliphatic rings. The van der Waals surface area contributed by atoms with E-state index in [2.05, 4.69) is 57.3 Å².